The zero-order valence-electron chi connectivity index (χ0n) is 13.4. The van der Waals surface area contributed by atoms with Crippen molar-refractivity contribution in [2.75, 3.05) is 13.1 Å². The first-order chi connectivity index (χ1) is 10.1. The van der Waals surface area contributed by atoms with E-state index in [1.165, 1.54) is 19.3 Å². The summed E-state index contributed by atoms with van der Waals surface area (Å²) >= 11 is 0. The Kier molecular flexibility index (Phi) is 4.07. The molecule has 116 valence electrons. The monoisotopic (exact) mass is 290 g/mol. The third-order valence-corrected chi connectivity index (χ3v) is 5.15. The van der Waals surface area contributed by atoms with Gasteiger partial charge in [-0.25, -0.2) is 0 Å². The molecule has 0 aromatic carbocycles. The van der Waals surface area contributed by atoms with Crippen molar-refractivity contribution in [1.82, 2.24) is 10.2 Å². The van der Waals surface area contributed by atoms with Crippen LogP contribution in [0.2, 0.25) is 0 Å². The lowest BCUT2D eigenvalue weighted by atomic mass is 9.93. The minimum atomic E-state index is 0.167. The van der Waals surface area contributed by atoms with Gasteiger partial charge in [0.05, 0.1) is 5.56 Å². The van der Waals surface area contributed by atoms with Gasteiger partial charge in [0.15, 0.2) is 0 Å². The molecule has 4 heteroatoms. The number of carbonyl (C=O) groups excluding carboxylic acids is 1. The van der Waals surface area contributed by atoms with Gasteiger partial charge in [-0.15, -0.1) is 0 Å². The Morgan fingerprint density at radius 3 is 2.57 bits per heavy atom. The SMILES string of the molecule is Cc1oc(C)c(C(=O)N2CCCCC2C2CCCN2)c1C. The number of aryl methyl sites for hydroxylation is 2. The number of furan rings is 1. The van der Waals surface area contributed by atoms with E-state index in [0.29, 0.717) is 12.1 Å². The average Bonchev–Trinajstić information content (AvgIpc) is 3.08. The molecule has 1 aromatic heterocycles. The zero-order valence-corrected chi connectivity index (χ0v) is 13.4. The number of nitrogens with one attached hydrogen (secondary N) is 1. The van der Waals surface area contributed by atoms with Crippen LogP contribution in [-0.2, 0) is 0 Å². The predicted molar refractivity (Wildman–Crippen MR) is 82.6 cm³/mol. The van der Waals surface area contributed by atoms with E-state index >= 15 is 0 Å². The minimum Gasteiger partial charge on any atom is -0.466 e. The van der Waals surface area contributed by atoms with Gasteiger partial charge in [-0.3, -0.25) is 4.79 Å². The Balaban J connectivity index is 1.87. The van der Waals surface area contributed by atoms with Crippen molar-refractivity contribution in [3.05, 3.63) is 22.6 Å². The van der Waals surface area contributed by atoms with Crippen LogP contribution in [0.5, 0.6) is 0 Å². The Hall–Kier alpha value is -1.29. The van der Waals surface area contributed by atoms with Gasteiger partial charge >= 0.3 is 0 Å². The number of likely N-dealkylation sites (tertiary alicyclic amines) is 1. The number of hydrogen-bond donors (Lipinski definition) is 1. The summed E-state index contributed by atoms with van der Waals surface area (Å²) in [6, 6.07) is 0.825. The van der Waals surface area contributed by atoms with Crippen LogP contribution in [-0.4, -0.2) is 36.0 Å². The molecule has 2 saturated heterocycles. The summed E-state index contributed by atoms with van der Waals surface area (Å²) in [6.45, 7) is 7.80. The second-order valence-electron chi connectivity index (χ2n) is 6.48. The molecule has 2 atom stereocenters. The fourth-order valence-electron chi connectivity index (χ4n) is 3.92. The molecule has 0 bridgehead atoms. The first-order valence-electron chi connectivity index (χ1n) is 8.20. The zero-order chi connectivity index (χ0) is 15.0. The molecule has 1 aromatic rings. The van der Waals surface area contributed by atoms with Gasteiger partial charge in [-0.1, -0.05) is 0 Å². The molecule has 0 spiro atoms. The van der Waals surface area contributed by atoms with Crippen LogP contribution < -0.4 is 5.32 Å². The number of hydrogen-bond acceptors (Lipinski definition) is 3. The van der Waals surface area contributed by atoms with Crippen LogP contribution in [0.4, 0.5) is 0 Å². The summed E-state index contributed by atoms with van der Waals surface area (Å²) < 4.78 is 5.65. The van der Waals surface area contributed by atoms with Gasteiger partial charge in [0, 0.05) is 24.2 Å². The van der Waals surface area contributed by atoms with E-state index in [4.69, 9.17) is 4.42 Å². The molecule has 2 unspecified atom stereocenters. The Bertz CT molecular complexity index is 529. The van der Waals surface area contributed by atoms with Gasteiger partial charge in [-0.2, -0.15) is 0 Å². The number of piperidine rings is 1. The smallest absolute Gasteiger partial charge is 0.257 e. The van der Waals surface area contributed by atoms with E-state index in [0.717, 1.165) is 48.6 Å². The summed E-state index contributed by atoms with van der Waals surface area (Å²) in [7, 11) is 0. The van der Waals surface area contributed by atoms with Crippen molar-refractivity contribution in [2.24, 2.45) is 0 Å². The highest BCUT2D eigenvalue weighted by molar-refractivity contribution is 5.97. The van der Waals surface area contributed by atoms with Crippen LogP contribution in [0.15, 0.2) is 4.42 Å². The van der Waals surface area contributed by atoms with Gasteiger partial charge in [0.2, 0.25) is 0 Å². The molecular formula is C17H26N2O2. The van der Waals surface area contributed by atoms with Gasteiger partial charge in [-0.05, 0) is 59.4 Å². The molecule has 21 heavy (non-hydrogen) atoms. The first kappa shape index (κ1) is 14.6. The lowest BCUT2D eigenvalue weighted by Crippen LogP contribution is -2.52. The van der Waals surface area contributed by atoms with E-state index < -0.39 is 0 Å². The van der Waals surface area contributed by atoms with Crippen LogP contribution in [0, 0.1) is 20.8 Å². The number of nitrogens with zero attached hydrogens (tertiary/aromatic N) is 1. The molecule has 2 aliphatic heterocycles. The fraction of sp³-hybridized carbons (Fsp3) is 0.706. The molecule has 3 heterocycles. The Labute approximate surface area is 126 Å². The van der Waals surface area contributed by atoms with Crippen LogP contribution in [0.25, 0.3) is 0 Å². The van der Waals surface area contributed by atoms with E-state index in [9.17, 15) is 4.79 Å². The van der Waals surface area contributed by atoms with Crippen molar-refractivity contribution < 1.29 is 9.21 Å². The Morgan fingerprint density at radius 2 is 1.95 bits per heavy atom. The molecule has 3 rings (SSSR count). The fourth-order valence-corrected chi connectivity index (χ4v) is 3.92. The lowest BCUT2D eigenvalue weighted by Gasteiger charge is -2.39. The van der Waals surface area contributed by atoms with Crippen molar-refractivity contribution in [2.45, 2.75) is 65.0 Å². The van der Waals surface area contributed by atoms with E-state index in [1.54, 1.807) is 0 Å². The second kappa shape index (κ2) is 5.84. The maximum Gasteiger partial charge on any atom is 0.257 e. The molecule has 1 N–H and O–H groups in total. The number of rotatable bonds is 2. The Morgan fingerprint density at radius 1 is 1.14 bits per heavy atom. The lowest BCUT2D eigenvalue weighted by molar-refractivity contribution is 0.0561. The maximum atomic E-state index is 13.1. The van der Waals surface area contributed by atoms with Crippen LogP contribution in [0.1, 0.15) is 59.5 Å². The molecular weight excluding hydrogens is 264 g/mol. The first-order valence-corrected chi connectivity index (χ1v) is 8.20. The normalized spacial score (nSPS) is 26.3. The minimum absolute atomic E-state index is 0.167. The summed E-state index contributed by atoms with van der Waals surface area (Å²) in [4.78, 5) is 15.2. The third kappa shape index (κ3) is 2.61. The largest absolute Gasteiger partial charge is 0.466 e. The highest BCUT2D eigenvalue weighted by Gasteiger charge is 2.36. The second-order valence-corrected chi connectivity index (χ2v) is 6.48. The summed E-state index contributed by atoms with van der Waals surface area (Å²) in [5.74, 6) is 1.79. The summed E-state index contributed by atoms with van der Waals surface area (Å²) in [5, 5.41) is 3.58. The highest BCUT2D eigenvalue weighted by atomic mass is 16.3. The molecule has 0 aliphatic carbocycles. The predicted octanol–water partition coefficient (Wildman–Crippen LogP) is 2.95. The standard InChI is InChI=1S/C17H26N2O2/c1-11-12(2)21-13(3)16(11)17(20)19-10-5-4-8-15(19)14-7-6-9-18-14/h14-15,18H,4-10H2,1-3H3. The topological polar surface area (TPSA) is 45.5 Å². The summed E-state index contributed by atoms with van der Waals surface area (Å²) in [5.41, 5.74) is 1.79. The quantitative estimate of drug-likeness (QED) is 0.911. The van der Waals surface area contributed by atoms with Gasteiger partial charge in [0.1, 0.15) is 11.5 Å². The maximum absolute atomic E-state index is 13.1. The van der Waals surface area contributed by atoms with Crippen molar-refractivity contribution in [1.29, 1.82) is 0 Å². The molecule has 1 amide bonds. The summed E-state index contributed by atoms with van der Waals surface area (Å²) in [6.07, 6.45) is 5.89. The molecule has 0 radical (unpaired) electrons. The van der Waals surface area contributed by atoms with E-state index in [2.05, 4.69) is 10.2 Å². The molecule has 2 fully saturated rings. The van der Waals surface area contributed by atoms with Gasteiger partial charge < -0.3 is 14.6 Å². The van der Waals surface area contributed by atoms with Crippen LogP contribution >= 0.6 is 0 Å². The van der Waals surface area contributed by atoms with Crippen LogP contribution in [0.3, 0.4) is 0 Å². The number of amides is 1. The molecule has 0 saturated carbocycles. The highest BCUT2D eigenvalue weighted by Crippen LogP contribution is 2.29. The molecule has 2 aliphatic rings. The van der Waals surface area contributed by atoms with Crippen molar-refractivity contribution >= 4 is 5.91 Å². The van der Waals surface area contributed by atoms with Crippen molar-refractivity contribution in [3.63, 3.8) is 0 Å². The number of carbonyl (C=O) groups is 1. The third-order valence-electron chi connectivity index (χ3n) is 5.15. The van der Waals surface area contributed by atoms with Crippen molar-refractivity contribution in [3.8, 4) is 0 Å². The van der Waals surface area contributed by atoms with E-state index in [-0.39, 0.29) is 5.91 Å². The molecule has 4 nitrogen and oxygen atoms in total. The van der Waals surface area contributed by atoms with E-state index in [1.807, 2.05) is 20.8 Å². The van der Waals surface area contributed by atoms with Gasteiger partial charge in [0.25, 0.3) is 5.91 Å². The average molecular weight is 290 g/mol.